The van der Waals surface area contributed by atoms with Crippen molar-refractivity contribution in [1.82, 2.24) is 5.32 Å². The highest BCUT2D eigenvalue weighted by Crippen LogP contribution is 2.33. The van der Waals surface area contributed by atoms with Gasteiger partial charge in [-0.1, -0.05) is 0 Å². The maximum Gasteiger partial charge on any atom is 0.0582 e. The van der Waals surface area contributed by atoms with Gasteiger partial charge >= 0.3 is 0 Å². The molecule has 0 bridgehead atoms. The number of rotatable bonds is 3. The Morgan fingerprint density at radius 3 is 3.00 bits per heavy atom. The van der Waals surface area contributed by atoms with Crippen LogP contribution in [0, 0.1) is 5.41 Å². The summed E-state index contributed by atoms with van der Waals surface area (Å²) >= 11 is 0. The van der Waals surface area contributed by atoms with Crippen LogP contribution < -0.4 is 5.32 Å². The maximum absolute atomic E-state index is 9.38. The summed E-state index contributed by atoms with van der Waals surface area (Å²) in [5, 5.41) is 12.7. The number of aliphatic hydroxyl groups is 1. The molecule has 2 aliphatic heterocycles. The first-order chi connectivity index (χ1) is 6.35. The van der Waals surface area contributed by atoms with Crippen molar-refractivity contribution in [2.45, 2.75) is 31.8 Å². The average molecular weight is 185 g/mol. The zero-order chi connectivity index (χ0) is 9.15. The summed E-state index contributed by atoms with van der Waals surface area (Å²) in [6.07, 6.45) is 4.92. The Kier molecular flexibility index (Phi) is 2.86. The minimum Gasteiger partial charge on any atom is -0.396 e. The Morgan fingerprint density at radius 2 is 2.46 bits per heavy atom. The summed E-state index contributed by atoms with van der Waals surface area (Å²) in [6, 6.07) is 0. The lowest BCUT2D eigenvalue weighted by Gasteiger charge is -2.28. The van der Waals surface area contributed by atoms with E-state index >= 15 is 0 Å². The van der Waals surface area contributed by atoms with E-state index in [-0.39, 0.29) is 5.41 Å². The molecule has 2 fully saturated rings. The van der Waals surface area contributed by atoms with Crippen molar-refractivity contribution in [3.63, 3.8) is 0 Å². The molecular formula is C10H19NO2. The molecule has 0 saturated carbocycles. The Labute approximate surface area is 79.5 Å². The number of nitrogens with one attached hydrogen (secondary N) is 1. The van der Waals surface area contributed by atoms with Crippen LogP contribution in [0.5, 0.6) is 0 Å². The Balaban J connectivity index is 1.88. The fraction of sp³-hybridized carbons (Fsp3) is 1.00. The molecule has 2 N–H and O–H groups in total. The van der Waals surface area contributed by atoms with Gasteiger partial charge < -0.3 is 15.2 Å². The van der Waals surface area contributed by atoms with E-state index in [0.29, 0.717) is 12.7 Å². The minimum absolute atomic E-state index is 0.120. The van der Waals surface area contributed by atoms with Crippen molar-refractivity contribution in [1.29, 1.82) is 0 Å². The average Bonchev–Trinajstić information content (AvgIpc) is 2.77. The molecule has 0 amide bonds. The van der Waals surface area contributed by atoms with Crippen LogP contribution in [0.15, 0.2) is 0 Å². The lowest BCUT2D eigenvalue weighted by Crippen LogP contribution is -2.32. The number of hydrogen-bond acceptors (Lipinski definition) is 3. The van der Waals surface area contributed by atoms with Gasteiger partial charge in [-0.3, -0.25) is 0 Å². The first-order valence-electron chi connectivity index (χ1n) is 5.28. The summed E-state index contributed by atoms with van der Waals surface area (Å²) < 4.78 is 5.60. The van der Waals surface area contributed by atoms with E-state index in [1.165, 1.54) is 12.8 Å². The van der Waals surface area contributed by atoms with Crippen LogP contribution in [0.4, 0.5) is 0 Å². The molecule has 0 radical (unpaired) electrons. The lowest BCUT2D eigenvalue weighted by molar-refractivity contribution is 0.0399. The molecule has 0 aromatic heterocycles. The summed E-state index contributed by atoms with van der Waals surface area (Å²) in [5.41, 5.74) is 0.120. The first-order valence-corrected chi connectivity index (χ1v) is 5.28. The van der Waals surface area contributed by atoms with E-state index < -0.39 is 0 Å². The van der Waals surface area contributed by atoms with E-state index in [4.69, 9.17) is 4.74 Å². The molecule has 2 atom stereocenters. The van der Waals surface area contributed by atoms with Crippen LogP contribution in [0.25, 0.3) is 0 Å². The lowest BCUT2D eigenvalue weighted by atomic mass is 9.82. The molecule has 2 rings (SSSR count). The van der Waals surface area contributed by atoms with Crippen molar-refractivity contribution in [2.24, 2.45) is 5.41 Å². The fourth-order valence-corrected chi connectivity index (χ4v) is 2.46. The van der Waals surface area contributed by atoms with Crippen molar-refractivity contribution < 1.29 is 9.84 Å². The largest absolute Gasteiger partial charge is 0.396 e. The fourth-order valence-electron chi connectivity index (χ4n) is 2.46. The van der Waals surface area contributed by atoms with Gasteiger partial charge in [-0.2, -0.15) is 0 Å². The van der Waals surface area contributed by atoms with E-state index in [2.05, 4.69) is 5.32 Å². The van der Waals surface area contributed by atoms with Crippen LogP contribution in [0.2, 0.25) is 0 Å². The third-order valence-electron chi connectivity index (χ3n) is 3.35. The minimum atomic E-state index is 0.120. The SMILES string of the molecule is OCC1(CC2CCCO2)CCNC1. The number of hydrogen-bond donors (Lipinski definition) is 2. The van der Waals surface area contributed by atoms with E-state index in [1.807, 2.05) is 0 Å². The van der Waals surface area contributed by atoms with Gasteiger partial charge in [0.1, 0.15) is 0 Å². The molecule has 0 aliphatic carbocycles. The zero-order valence-corrected chi connectivity index (χ0v) is 8.09. The molecule has 0 aromatic rings. The second-order valence-electron chi connectivity index (χ2n) is 4.42. The van der Waals surface area contributed by atoms with Crippen LogP contribution in [0.1, 0.15) is 25.7 Å². The van der Waals surface area contributed by atoms with E-state index in [1.54, 1.807) is 0 Å². The molecule has 0 aromatic carbocycles. The monoisotopic (exact) mass is 185 g/mol. The van der Waals surface area contributed by atoms with Gasteiger partial charge in [0.05, 0.1) is 12.7 Å². The third kappa shape index (κ3) is 2.03. The highest BCUT2D eigenvalue weighted by molar-refractivity contribution is 4.90. The number of aliphatic hydroxyl groups excluding tert-OH is 1. The second-order valence-corrected chi connectivity index (χ2v) is 4.42. The van der Waals surface area contributed by atoms with E-state index in [0.717, 1.165) is 32.5 Å². The number of ether oxygens (including phenoxy) is 1. The smallest absolute Gasteiger partial charge is 0.0582 e. The van der Waals surface area contributed by atoms with Crippen molar-refractivity contribution >= 4 is 0 Å². The molecule has 13 heavy (non-hydrogen) atoms. The van der Waals surface area contributed by atoms with E-state index in [9.17, 15) is 5.11 Å². The summed E-state index contributed by atoms with van der Waals surface area (Å²) in [6.45, 7) is 3.23. The van der Waals surface area contributed by atoms with Crippen molar-refractivity contribution in [2.75, 3.05) is 26.3 Å². The summed E-state index contributed by atoms with van der Waals surface area (Å²) in [7, 11) is 0. The highest BCUT2D eigenvalue weighted by atomic mass is 16.5. The molecule has 2 saturated heterocycles. The molecule has 3 nitrogen and oxygen atoms in total. The Morgan fingerprint density at radius 1 is 1.54 bits per heavy atom. The molecule has 0 spiro atoms. The van der Waals surface area contributed by atoms with Gasteiger partial charge in [0.15, 0.2) is 0 Å². The Hall–Kier alpha value is -0.120. The van der Waals surface area contributed by atoms with Crippen LogP contribution in [-0.2, 0) is 4.74 Å². The molecule has 76 valence electrons. The maximum atomic E-state index is 9.38. The molecule has 2 unspecified atom stereocenters. The first kappa shape index (κ1) is 9.44. The third-order valence-corrected chi connectivity index (χ3v) is 3.35. The molecular weight excluding hydrogens is 166 g/mol. The summed E-state index contributed by atoms with van der Waals surface area (Å²) in [4.78, 5) is 0. The predicted molar refractivity (Wildman–Crippen MR) is 50.6 cm³/mol. The topological polar surface area (TPSA) is 41.5 Å². The standard InChI is InChI=1S/C10H19NO2/c12-8-10(3-4-11-7-10)6-9-2-1-5-13-9/h9,11-12H,1-8H2. The Bertz CT molecular complexity index is 160. The van der Waals surface area contributed by atoms with Crippen LogP contribution >= 0.6 is 0 Å². The highest BCUT2D eigenvalue weighted by Gasteiger charge is 2.36. The quantitative estimate of drug-likeness (QED) is 0.674. The molecule has 2 aliphatic rings. The van der Waals surface area contributed by atoms with Crippen molar-refractivity contribution in [3.05, 3.63) is 0 Å². The van der Waals surface area contributed by atoms with Gasteiger partial charge in [0, 0.05) is 18.6 Å². The summed E-state index contributed by atoms with van der Waals surface area (Å²) in [5.74, 6) is 0. The zero-order valence-electron chi connectivity index (χ0n) is 8.09. The molecule has 2 heterocycles. The molecule has 3 heteroatoms. The normalized spacial score (nSPS) is 39.9. The second kappa shape index (κ2) is 3.95. The van der Waals surface area contributed by atoms with Gasteiger partial charge in [0.2, 0.25) is 0 Å². The van der Waals surface area contributed by atoms with Gasteiger partial charge in [-0.05, 0) is 32.2 Å². The van der Waals surface area contributed by atoms with Crippen molar-refractivity contribution in [3.8, 4) is 0 Å². The van der Waals surface area contributed by atoms with Crippen LogP contribution in [-0.4, -0.2) is 37.5 Å². The van der Waals surface area contributed by atoms with Gasteiger partial charge in [-0.25, -0.2) is 0 Å². The van der Waals surface area contributed by atoms with Gasteiger partial charge in [-0.15, -0.1) is 0 Å². The predicted octanol–water partition coefficient (Wildman–Crippen LogP) is 0.527. The van der Waals surface area contributed by atoms with Gasteiger partial charge in [0.25, 0.3) is 0 Å². The van der Waals surface area contributed by atoms with Crippen LogP contribution in [0.3, 0.4) is 0 Å².